The standard InChI is InChI=1S/C68H76N2Si2.C30H24Br2.C19H27NSi.CH4/c1-66(2,3)49-16-22-53(23-17-49)69(55-26-30-59(31-27-55)71(7,8)9)57-21-14-47-41-63-61-34-15-46-13-20-58(70(54-24-18-50(19-25-54)67(4,5)6)56-28-32-60(33-29-56)72(10,11)12)43-62(46)65(61)68(64(63)42-48(47)40-57)51-36-44-35-45(38-51)39-52(68)37-44;31-23-5-2-19-13-27-25-6-3-18-1-4-24(32)15-26(18)29(25)30(28(27)14-20(19)12-23)21-8-16-7-17(10-21)11-22(30)9-16;1-19(2,3)15-7-9-16(10-8-15)20-17-11-13-18(14-12-17)21(4,5)6;/h13-34,40-45,51-52H,35-39H2,1-12H3;1-6,12-17,21-22H,7-11H2;7-14,20H,1-6H3;1H4. The fraction of sp³-hybridized carbons (Fsp3) is 0.356. The highest BCUT2D eigenvalue weighted by Crippen LogP contribution is 2.73. The molecule has 0 aliphatic heterocycles. The minimum atomic E-state index is -1.49. The van der Waals surface area contributed by atoms with E-state index in [0.29, 0.717) is 11.8 Å². The van der Waals surface area contributed by atoms with Gasteiger partial charge in [0.2, 0.25) is 0 Å². The number of rotatable bonds is 11. The summed E-state index contributed by atoms with van der Waals surface area (Å²) in [5.41, 5.74) is 26.7. The van der Waals surface area contributed by atoms with E-state index in [0.717, 1.165) is 46.9 Å². The minimum Gasteiger partial charge on any atom is -0.356 e. The first-order valence-electron chi connectivity index (χ1n) is 47.1. The van der Waals surface area contributed by atoms with Gasteiger partial charge < -0.3 is 15.1 Å². The van der Waals surface area contributed by atoms with Crippen molar-refractivity contribution in [1.82, 2.24) is 0 Å². The summed E-state index contributed by atoms with van der Waals surface area (Å²) in [5, 5.41) is 19.0. The van der Waals surface area contributed by atoms with Crippen molar-refractivity contribution in [2.75, 3.05) is 15.1 Å². The topological polar surface area (TPSA) is 18.5 Å². The normalized spacial score (nSPS) is 22.3. The van der Waals surface area contributed by atoms with Gasteiger partial charge in [0.1, 0.15) is 0 Å². The number of fused-ring (bicyclic) bond motifs is 12. The predicted octanol–water partition coefficient (Wildman–Crippen LogP) is 33.5. The Morgan fingerprint density at radius 1 is 0.278 bits per heavy atom. The summed E-state index contributed by atoms with van der Waals surface area (Å²) in [6, 6.07) is 104. The van der Waals surface area contributed by atoms with Crippen molar-refractivity contribution in [2.24, 2.45) is 47.3 Å². The highest BCUT2D eigenvalue weighted by molar-refractivity contribution is 9.10. The van der Waals surface area contributed by atoms with Crippen molar-refractivity contribution in [3.05, 3.63) is 315 Å². The van der Waals surface area contributed by atoms with Gasteiger partial charge >= 0.3 is 0 Å². The van der Waals surface area contributed by atoms with E-state index in [1.54, 1.807) is 22.3 Å². The molecule has 126 heavy (non-hydrogen) atoms. The van der Waals surface area contributed by atoms with Crippen LogP contribution in [-0.2, 0) is 27.1 Å². The Bertz CT molecular complexity index is 6290. The van der Waals surface area contributed by atoms with Gasteiger partial charge in [0.15, 0.2) is 0 Å². The Morgan fingerprint density at radius 2 is 0.563 bits per heavy atom. The van der Waals surface area contributed by atoms with Crippen molar-refractivity contribution in [2.45, 2.75) is 220 Å². The monoisotopic (exact) mass is 1830 g/mol. The van der Waals surface area contributed by atoms with Crippen LogP contribution in [-0.4, -0.2) is 24.2 Å². The first-order chi connectivity index (χ1) is 59.4. The first-order valence-corrected chi connectivity index (χ1v) is 59.1. The number of nitrogens with zero attached hydrogens (tertiary/aromatic N) is 2. The summed E-state index contributed by atoms with van der Waals surface area (Å²) in [4.78, 5) is 5.03. The molecule has 0 amide bonds. The molecule has 8 bridgehead atoms. The second-order valence-electron chi connectivity index (χ2n) is 45.6. The Hall–Kier alpha value is -8.87. The van der Waals surface area contributed by atoms with Gasteiger partial charge in [-0.15, -0.1) is 0 Å². The average molecular weight is 1840 g/mol. The largest absolute Gasteiger partial charge is 0.356 e. The van der Waals surface area contributed by atoms with Gasteiger partial charge in [-0.25, -0.2) is 0 Å². The Labute approximate surface area is 773 Å². The van der Waals surface area contributed by atoms with E-state index in [2.05, 4.69) is 435 Å². The number of hydrogen-bond donors (Lipinski definition) is 1. The zero-order valence-corrected chi connectivity index (χ0v) is 83.4. The van der Waals surface area contributed by atoms with Crippen LogP contribution in [0, 0.1) is 47.3 Å². The van der Waals surface area contributed by atoms with Crippen LogP contribution >= 0.6 is 31.9 Å². The van der Waals surface area contributed by atoms with Gasteiger partial charge in [0.25, 0.3) is 0 Å². The van der Waals surface area contributed by atoms with Gasteiger partial charge in [-0.05, 0) is 378 Å². The Kier molecular flexibility index (Phi) is 21.8. The van der Waals surface area contributed by atoms with Gasteiger partial charge in [-0.2, -0.15) is 0 Å². The quantitative estimate of drug-likeness (QED) is 0.130. The van der Waals surface area contributed by atoms with E-state index < -0.39 is 24.2 Å². The third-order valence-corrected chi connectivity index (χ3v) is 38.5. The zero-order chi connectivity index (χ0) is 87.1. The zero-order valence-electron chi connectivity index (χ0n) is 77.2. The lowest BCUT2D eigenvalue weighted by Gasteiger charge is -2.61. The van der Waals surface area contributed by atoms with Crippen LogP contribution in [0.15, 0.2) is 276 Å². The van der Waals surface area contributed by atoms with Crippen LogP contribution in [0.4, 0.5) is 45.5 Å². The van der Waals surface area contributed by atoms with Crippen molar-refractivity contribution in [3.63, 3.8) is 0 Å². The van der Waals surface area contributed by atoms with E-state index in [1.807, 2.05) is 0 Å². The maximum Gasteiger partial charge on any atom is 0.0775 e. The fourth-order valence-corrected chi connectivity index (χ4v) is 29.6. The summed E-state index contributed by atoms with van der Waals surface area (Å²) in [7, 11) is -4.17. The summed E-state index contributed by atoms with van der Waals surface area (Å²) >= 11 is 7.53. The second-order valence-corrected chi connectivity index (χ2v) is 62.6. The number of halogens is 2. The maximum absolute atomic E-state index is 3.80. The van der Waals surface area contributed by atoms with Crippen molar-refractivity contribution in [3.8, 4) is 22.3 Å². The predicted molar refractivity (Wildman–Crippen MR) is 562 cm³/mol. The Balaban J connectivity index is 0.000000156. The van der Waals surface area contributed by atoms with E-state index in [4.69, 9.17) is 0 Å². The molecular weight excluding hydrogens is 1700 g/mol. The molecule has 1 N–H and O–H groups in total. The van der Waals surface area contributed by atoms with E-state index in [-0.39, 0.29) is 34.5 Å². The molecule has 14 aromatic rings. The lowest BCUT2D eigenvalue weighted by atomic mass is 9.43. The number of anilines is 8. The molecular formula is C118H131Br2N3Si3. The molecule has 8 saturated carbocycles. The van der Waals surface area contributed by atoms with E-state index in [1.165, 1.54) is 205 Å². The molecule has 0 heterocycles. The lowest BCUT2D eigenvalue weighted by Crippen LogP contribution is -2.55. The van der Waals surface area contributed by atoms with E-state index >= 15 is 0 Å². The molecule has 8 fully saturated rings. The lowest BCUT2D eigenvalue weighted by molar-refractivity contribution is -0.0393. The molecule has 0 saturated heterocycles. The number of nitrogens with one attached hydrogen (secondary N) is 1. The molecule has 14 aromatic carbocycles. The summed E-state index contributed by atoms with van der Waals surface area (Å²) in [6.07, 6.45) is 14.0. The number of hydrogen-bond acceptors (Lipinski definition) is 3. The molecule has 0 unspecified atom stereocenters. The highest BCUT2D eigenvalue weighted by atomic mass is 79.9. The highest BCUT2D eigenvalue weighted by Gasteiger charge is 2.64. The van der Waals surface area contributed by atoms with Crippen molar-refractivity contribution in [1.29, 1.82) is 0 Å². The van der Waals surface area contributed by atoms with Crippen LogP contribution in [0.3, 0.4) is 0 Å². The van der Waals surface area contributed by atoms with Gasteiger partial charge in [-0.1, -0.05) is 297 Å². The molecule has 24 rings (SSSR count). The molecule has 0 aromatic heterocycles. The maximum atomic E-state index is 3.80. The Morgan fingerprint density at radius 3 is 0.937 bits per heavy atom. The van der Waals surface area contributed by atoms with E-state index in [9.17, 15) is 0 Å². The minimum absolute atomic E-state index is 0. The summed E-state index contributed by atoms with van der Waals surface area (Å²) in [5.74, 6) is 6.50. The molecule has 10 aliphatic rings. The van der Waals surface area contributed by atoms with Crippen molar-refractivity contribution >= 4 is 160 Å². The van der Waals surface area contributed by atoms with Crippen molar-refractivity contribution < 1.29 is 0 Å². The number of benzene rings is 14. The second kappa shape index (κ2) is 31.8. The van der Waals surface area contributed by atoms with Crippen LogP contribution in [0.2, 0.25) is 58.9 Å². The summed E-state index contributed by atoms with van der Waals surface area (Å²) in [6.45, 7) is 42.4. The van der Waals surface area contributed by atoms with Crippen LogP contribution < -0.4 is 30.7 Å². The molecule has 8 heteroatoms. The van der Waals surface area contributed by atoms with Gasteiger partial charge in [0.05, 0.1) is 24.2 Å². The van der Waals surface area contributed by atoms with Gasteiger partial charge in [0, 0.05) is 65.3 Å². The smallest absolute Gasteiger partial charge is 0.0775 e. The molecule has 0 radical (unpaired) electrons. The third kappa shape index (κ3) is 15.3. The third-order valence-electron chi connectivity index (χ3n) is 31.3. The molecule has 644 valence electrons. The molecule has 0 atom stereocenters. The molecule has 3 nitrogen and oxygen atoms in total. The molecule has 10 aliphatic carbocycles. The average Bonchev–Trinajstić information content (AvgIpc) is 1.50. The summed E-state index contributed by atoms with van der Waals surface area (Å²) < 4.78 is 2.37. The van der Waals surface area contributed by atoms with Crippen LogP contribution in [0.25, 0.3) is 65.3 Å². The van der Waals surface area contributed by atoms with Gasteiger partial charge in [-0.3, -0.25) is 0 Å². The van der Waals surface area contributed by atoms with Crippen LogP contribution in [0.5, 0.6) is 0 Å². The first kappa shape index (κ1) is 86.5. The fourth-order valence-electron chi connectivity index (χ4n) is 25.3. The van der Waals surface area contributed by atoms with Crippen LogP contribution in [0.1, 0.15) is 173 Å². The SMILES string of the molecule is Brc1ccc2cc3c(cc2c1)C1(c2c-3ccc3ccc(Br)cc23)C2CC3CC(C2)CC1C3.C.CC(C)(C)c1ccc(N(c2ccc([Si](C)(C)C)cc2)c2ccc3cc4c(cc3c2)C2(c3c-4ccc4ccc(N(c5ccc(C(C)(C)C)cc5)c5ccc([Si](C)(C)C)cc5)cc34)C3CC4CC(C3)CC2C4)cc1.CC(C)(C)c1ccc(Nc2ccc([Si](C)(C)C)cc2)cc1. The molecule has 2 spiro atoms.